The van der Waals surface area contributed by atoms with Crippen molar-refractivity contribution in [2.24, 2.45) is 0 Å². The van der Waals surface area contributed by atoms with Crippen LogP contribution >= 0.6 is 0 Å². The monoisotopic (exact) mass is 327 g/mol. The van der Waals surface area contributed by atoms with E-state index in [0.717, 1.165) is 29.8 Å². The summed E-state index contributed by atoms with van der Waals surface area (Å²) in [6, 6.07) is 11.1. The minimum Gasteiger partial charge on any atom is -0.497 e. The van der Waals surface area contributed by atoms with Crippen molar-refractivity contribution < 1.29 is 9.53 Å². The summed E-state index contributed by atoms with van der Waals surface area (Å²) in [5, 5.41) is 7.34. The molecule has 1 aliphatic rings. The summed E-state index contributed by atoms with van der Waals surface area (Å²) in [4.78, 5) is 23.6. The number of nitrogens with one attached hydrogen (secondary N) is 1. The van der Waals surface area contributed by atoms with Gasteiger partial charge >= 0.3 is 0 Å². The summed E-state index contributed by atoms with van der Waals surface area (Å²) in [6.45, 7) is 0.431. The topological polar surface area (TPSA) is 73.2 Å². The van der Waals surface area contributed by atoms with Crippen LogP contribution in [0.3, 0.4) is 0 Å². The minimum absolute atomic E-state index is 0.0526. The smallest absolute Gasteiger partial charge is 0.266 e. The Hall–Kier alpha value is -2.63. The molecule has 0 aliphatic heterocycles. The van der Waals surface area contributed by atoms with E-state index in [-0.39, 0.29) is 11.5 Å². The largest absolute Gasteiger partial charge is 0.497 e. The summed E-state index contributed by atoms with van der Waals surface area (Å²) in [6.07, 6.45) is 3.17. The first-order chi connectivity index (χ1) is 11.7. The lowest BCUT2D eigenvalue weighted by molar-refractivity contribution is -0.121. The zero-order valence-corrected chi connectivity index (χ0v) is 13.7. The van der Waals surface area contributed by atoms with Gasteiger partial charge in [0.1, 0.15) is 5.75 Å². The fourth-order valence-corrected chi connectivity index (χ4v) is 2.44. The molecule has 0 bridgehead atoms. The molecule has 24 heavy (non-hydrogen) atoms. The van der Waals surface area contributed by atoms with Crippen LogP contribution in [0.25, 0.3) is 11.3 Å². The summed E-state index contributed by atoms with van der Waals surface area (Å²) in [5.74, 6) is 0.825. The number of carbonyl (C=O) groups excluding carboxylic acids is 1. The summed E-state index contributed by atoms with van der Waals surface area (Å²) in [7, 11) is 1.62. The molecule has 1 heterocycles. The number of rotatable bonds is 7. The molecule has 6 heteroatoms. The van der Waals surface area contributed by atoms with Crippen LogP contribution in [0.5, 0.6) is 5.75 Å². The van der Waals surface area contributed by atoms with Crippen LogP contribution in [0.15, 0.2) is 41.2 Å². The summed E-state index contributed by atoms with van der Waals surface area (Å²) < 4.78 is 6.56. The number of aromatic nitrogens is 2. The number of benzene rings is 1. The molecule has 6 nitrogen and oxygen atoms in total. The van der Waals surface area contributed by atoms with Crippen LogP contribution in [0, 0.1) is 0 Å². The molecule has 1 aliphatic carbocycles. The van der Waals surface area contributed by atoms with E-state index >= 15 is 0 Å². The first-order valence-corrected chi connectivity index (χ1v) is 8.17. The standard InChI is InChI=1S/C18H21N3O3/c1-24-15-8-4-13(5-9-15)16-10-11-18(23)21(20-16)12-2-3-17(22)19-14-6-7-14/h4-5,8-11,14H,2-3,6-7,12H2,1H3,(H,19,22). The van der Waals surface area contributed by atoms with Gasteiger partial charge in [-0.15, -0.1) is 0 Å². The number of nitrogens with zero attached hydrogens (tertiary/aromatic N) is 2. The normalized spacial score (nSPS) is 13.5. The third-order valence-electron chi connectivity index (χ3n) is 3.97. The Kier molecular flexibility index (Phi) is 4.93. The predicted molar refractivity (Wildman–Crippen MR) is 90.9 cm³/mol. The van der Waals surface area contributed by atoms with Gasteiger partial charge in [-0.1, -0.05) is 0 Å². The van der Waals surface area contributed by atoms with Crippen molar-refractivity contribution >= 4 is 5.91 Å². The molecule has 1 aromatic heterocycles. The SMILES string of the molecule is COc1ccc(-c2ccc(=O)n(CCCC(=O)NC3CC3)n2)cc1. The maximum Gasteiger partial charge on any atom is 0.266 e. The molecule has 0 saturated heterocycles. The third kappa shape index (κ3) is 4.22. The highest BCUT2D eigenvalue weighted by Crippen LogP contribution is 2.20. The molecule has 126 valence electrons. The predicted octanol–water partition coefficient (Wildman–Crippen LogP) is 1.98. The van der Waals surface area contributed by atoms with Crippen LogP contribution in [-0.4, -0.2) is 28.8 Å². The average Bonchev–Trinajstić information content (AvgIpc) is 3.40. The first-order valence-electron chi connectivity index (χ1n) is 8.17. The van der Waals surface area contributed by atoms with E-state index in [4.69, 9.17) is 4.74 Å². The molecular formula is C18H21N3O3. The number of amides is 1. The highest BCUT2D eigenvalue weighted by molar-refractivity contribution is 5.76. The van der Waals surface area contributed by atoms with Crippen molar-refractivity contribution in [1.82, 2.24) is 15.1 Å². The lowest BCUT2D eigenvalue weighted by atomic mass is 10.1. The second-order valence-corrected chi connectivity index (χ2v) is 5.95. The Labute approximate surface area is 140 Å². The van der Waals surface area contributed by atoms with E-state index in [0.29, 0.717) is 25.4 Å². The number of carbonyl (C=O) groups is 1. The molecule has 1 saturated carbocycles. The van der Waals surface area contributed by atoms with Crippen LogP contribution in [-0.2, 0) is 11.3 Å². The number of methoxy groups -OCH3 is 1. The zero-order valence-electron chi connectivity index (χ0n) is 13.7. The molecule has 1 aromatic carbocycles. The first kappa shape index (κ1) is 16.2. The maximum atomic E-state index is 11.9. The van der Waals surface area contributed by atoms with E-state index in [1.54, 1.807) is 13.2 Å². The fraction of sp³-hybridized carbons (Fsp3) is 0.389. The van der Waals surface area contributed by atoms with Crippen molar-refractivity contribution in [1.29, 1.82) is 0 Å². The van der Waals surface area contributed by atoms with Crippen molar-refractivity contribution in [2.45, 2.75) is 38.3 Å². The molecule has 1 N–H and O–H groups in total. The van der Waals surface area contributed by atoms with Crippen molar-refractivity contribution in [3.05, 3.63) is 46.8 Å². The van der Waals surface area contributed by atoms with Gasteiger partial charge in [-0.2, -0.15) is 5.10 Å². The summed E-state index contributed by atoms with van der Waals surface area (Å²) in [5.41, 5.74) is 1.48. The number of hydrogen-bond donors (Lipinski definition) is 1. The number of aryl methyl sites for hydroxylation is 1. The Balaban J connectivity index is 1.64. The lowest BCUT2D eigenvalue weighted by Crippen LogP contribution is -2.27. The minimum atomic E-state index is -0.158. The van der Waals surface area contributed by atoms with Crippen LogP contribution < -0.4 is 15.6 Å². The van der Waals surface area contributed by atoms with Crippen LogP contribution in [0.4, 0.5) is 0 Å². The van der Waals surface area contributed by atoms with Gasteiger partial charge < -0.3 is 10.1 Å². The highest BCUT2D eigenvalue weighted by atomic mass is 16.5. The maximum absolute atomic E-state index is 11.9. The van der Waals surface area contributed by atoms with E-state index in [1.165, 1.54) is 10.7 Å². The third-order valence-corrected chi connectivity index (χ3v) is 3.97. The molecule has 0 radical (unpaired) electrons. The summed E-state index contributed by atoms with van der Waals surface area (Å²) >= 11 is 0. The molecule has 0 unspecified atom stereocenters. The quantitative estimate of drug-likeness (QED) is 0.844. The number of ether oxygens (including phenoxy) is 1. The molecule has 1 amide bonds. The van der Waals surface area contributed by atoms with Gasteiger partial charge in [0.15, 0.2) is 0 Å². The second kappa shape index (κ2) is 7.29. The van der Waals surface area contributed by atoms with E-state index in [9.17, 15) is 9.59 Å². The second-order valence-electron chi connectivity index (χ2n) is 5.95. The Morgan fingerprint density at radius 1 is 1.25 bits per heavy atom. The fourth-order valence-electron chi connectivity index (χ4n) is 2.44. The van der Waals surface area contributed by atoms with Crippen molar-refractivity contribution in [3.8, 4) is 17.0 Å². The van der Waals surface area contributed by atoms with E-state index < -0.39 is 0 Å². The van der Waals surface area contributed by atoms with Crippen molar-refractivity contribution in [2.75, 3.05) is 7.11 Å². The van der Waals surface area contributed by atoms with Crippen LogP contribution in [0.1, 0.15) is 25.7 Å². The van der Waals surface area contributed by atoms with Gasteiger partial charge in [-0.3, -0.25) is 9.59 Å². The molecule has 0 spiro atoms. The Morgan fingerprint density at radius 2 is 2.00 bits per heavy atom. The van der Waals surface area contributed by atoms with Crippen LogP contribution in [0.2, 0.25) is 0 Å². The van der Waals surface area contributed by atoms with Gasteiger partial charge in [-0.25, -0.2) is 4.68 Å². The van der Waals surface area contributed by atoms with Gasteiger partial charge in [-0.05, 0) is 49.6 Å². The zero-order chi connectivity index (χ0) is 16.9. The molecular weight excluding hydrogens is 306 g/mol. The Bertz CT molecular complexity index is 764. The number of hydrogen-bond acceptors (Lipinski definition) is 4. The van der Waals surface area contributed by atoms with E-state index in [1.807, 2.05) is 24.3 Å². The molecule has 0 atom stereocenters. The van der Waals surface area contributed by atoms with Gasteiger partial charge in [0.2, 0.25) is 5.91 Å². The van der Waals surface area contributed by atoms with E-state index in [2.05, 4.69) is 10.4 Å². The Morgan fingerprint density at radius 3 is 2.67 bits per heavy atom. The van der Waals surface area contributed by atoms with Gasteiger partial charge in [0.25, 0.3) is 5.56 Å². The van der Waals surface area contributed by atoms with Gasteiger partial charge in [0.05, 0.1) is 12.8 Å². The molecule has 1 fully saturated rings. The molecule has 3 rings (SSSR count). The highest BCUT2D eigenvalue weighted by Gasteiger charge is 2.22. The lowest BCUT2D eigenvalue weighted by Gasteiger charge is -2.08. The molecule has 2 aromatic rings. The average molecular weight is 327 g/mol. The van der Waals surface area contributed by atoms with Crippen molar-refractivity contribution in [3.63, 3.8) is 0 Å². The van der Waals surface area contributed by atoms with Gasteiger partial charge in [0, 0.05) is 30.6 Å².